The van der Waals surface area contributed by atoms with Crippen molar-refractivity contribution in [2.24, 2.45) is 9.98 Å². The Morgan fingerprint density at radius 2 is 1.11 bits per heavy atom. The molecule has 2 rings (SSSR count). The molecule has 3 heteroatoms. The van der Waals surface area contributed by atoms with E-state index in [1.54, 1.807) is 0 Å². The van der Waals surface area contributed by atoms with Gasteiger partial charge in [0.25, 0.3) is 0 Å². The van der Waals surface area contributed by atoms with Crippen LogP contribution in [0.2, 0.25) is 0 Å². The fourth-order valence-corrected chi connectivity index (χ4v) is 4.70. The standard InChI is InChI=1S/C34H50N2.Ni/c1-7-13-19-33(35-31-23-21-27(15-9-3)29(25-31)17-11-5)34(20-14-8-2)36-32-24-22-28(16-10-4)30(26-32)18-12-6;/h13,19,21-26H,7-12,14-18,20H2,1-6H3;/b19-13+,35-33+,36-34+;. The number of benzene rings is 2. The molecule has 0 bridgehead atoms. The Kier molecular flexibility index (Phi) is 17.1. The first kappa shape index (κ1) is 33.0. The minimum absolute atomic E-state index is 0. The van der Waals surface area contributed by atoms with Crippen LogP contribution in [0.4, 0.5) is 11.4 Å². The molecule has 0 spiro atoms. The zero-order chi connectivity index (χ0) is 26.2. The Bertz CT molecular complexity index is 1020. The zero-order valence-corrected chi connectivity index (χ0v) is 25.3. The summed E-state index contributed by atoms with van der Waals surface area (Å²) < 4.78 is 0. The molecule has 0 aromatic heterocycles. The molecule has 0 aliphatic heterocycles. The molecule has 0 aliphatic carbocycles. The molecule has 0 N–H and O–H groups in total. The summed E-state index contributed by atoms with van der Waals surface area (Å²) in [5.41, 5.74) is 10.1. The summed E-state index contributed by atoms with van der Waals surface area (Å²) in [7, 11) is 0. The molecule has 0 saturated heterocycles. The van der Waals surface area contributed by atoms with E-state index in [4.69, 9.17) is 9.98 Å². The van der Waals surface area contributed by atoms with Gasteiger partial charge in [0.1, 0.15) is 0 Å². The molecule has 2 aromatic carbocycles. The van der Waals surface area contributed by atoms with E-state index in [9.17, 15) is 0 Å². The first-order valence-corrected chi connectivity index (χ1v) is 14.7. The number of hydrogen-bond acceptors (Lipinski definition) is 2. The van der Waals surface area contributed by atoms with Crippen LogP contribution in [-0.4, -0.2) is 11.4 Å². The summed E-state index contributed by atoms with van der Waals surface area (Å²) >= 11 is 0. The normalized spacial score (nSPS) is 12.3. The minimum Gasteiger partial charge on any atom is -0.251 e. The van der Waals surface area contributed by atoms with Crippen molar-refractivity contribution in [1.29, 1.82) is 0 Å². The smallest absolute Gasteiger partial charge is 0.0848 e. The van der Waals surface area contributed by atoms with Gasteiger partial charge in [0, 0.05) is 16.5 Å². The van der Waals surface area contributed by atoms with Crippen LogP contribution in [0.1, 0.15) is 115 Å². The molecule has 2 aromatic rings. The first-order valence-electron chi connectivity index (χ1n) is 14.7. The second-order valence-electron chi connectivity index (χ2n) is 9.88. The van der Waals surface area contributed by atoms with Crippen LogP contribution in [0, 0.1) is 0 Å². The van der Waals surface area contributed by atoms with E-state index >= 15 is 0 Å². The number of hydrogen-bond donors (Lipinski definition) is 0. The third-order valence-corrected chi connectivity index (χ3v) is 6.54. The maximum atomic E-state index is 5.23. The fourth-order valence-electron chi connectivity index (χ4n) is 4.70. The van der Waals surface area contributed by atoms with E-state index in [-0.39, 0.29) is 16.5 Å². The van der Waals surface area contributed by atoms with Crippen LogP contribution in [0.5, 0.6) is 0 Å². The number of aliphatic imine (C=N–C) groups is 2. The Morgan fingerprint density at radius 3 is 1.57 bits per heavy atom. The molecule has 37 heavy (non-hydrogen) atoms. The molecule has 0 unspecified atom stereocenters. The van der Waals surface area contributed by atoms with E-state index in [1.807, 2.05) is 0 Å². The van der Waals surface area contributed by atoms with E-state index in [0.29, 0.717) is 0 Å². The molecule has 0 atom stereocenters. The minimum atomic E-state index is 0. The van der Waals surface area contributed by atoms with Gasteiger partial charge < -0.3 is 0 Å². The topological polar surface area (TPSA) is 24.7 Å². The molecule has 0 amide bonds. The predicted octanol–water partition coefficient (Wildman–Crippen LogP) is 10.5. The molecule has 0 aliphatic rings. The molecule has 2 nitrogen and oxygen atoms in total. The predicted molar refractivity (Wildman–Crippen MR) is 162 cm³/mol. The number of allylic oxidation sites excluding steroid dienone is 2. The van der Waals surface area contributed by atoms with E-state index in [1.165, 1.54) is 35.1 Å². The van der Waals surface area contributed by atoms with Gasteiger partial charge in [0.05, 0.1) is 22.8 Å². The Labute approximate surface area is 238 Å². The summed E-state index contributed by atoms with van der Waals surface area (Å²) in [6.45, 7) is 13.5. The third-order valence-electron chi connectivity index (χ3n) is 6.54. The molecule has 0 heterocycles. The van der Waals surface area contributed by atoms with Crippen LogP contribution < -0.4 is 0 Å². The van der Waals surface area contributed by atoms with Crippen molar-refractivity contribution >= 4 is 22.8 Å². The Hall–Kier alpha value is -1.99. The number of rotatable bonds is 16. The van der Waals surface area contributed by atoms with Crippen molar-refractivity contribution in [2.75, 3.05) is 0 Å². The van der Waals surface area contributed by atoms with Crippen molar-refractivity contribution in [2.45, 2.75) is 119 Å². The molecule has 0 fully saturated rings. The van der Waals surface area contributed by atoms with E-state index < -0.39 is 0 Å². The van der Waals surface area contributed by atoms with Crippen molar-refractivity contribution < 1.29 is 16.5 Å². The maximum absolute atomic E-state index is 5.23. The Morgan fingerprint density at radius 1 is 0.622 bits per heavy atom. The fraction of sp³-hybridized carbons (Fsp3) is 0.529. The summed E-state index contributed by atoms with van der Waals surface area (Å²) in [5, 5.41) is 0. The van der Waals surface area contributed by atoms with Gasteiger partial charge >= 0.3 is 0 Å². The van der Waals surface area contributed by atoms with Crippen molar-refractivity contribution in [3.63, 3.8) is 0 Å². The van der Waals surface area contributed by atoms with Gasteiger partial charge in [-0.2, -0.15) is 0 Å². The van der Waals surface area contributed by atoms with Crippen LogP contribution in [0.3, 0.4) is 0 Å². The molecular formula is C34H50N2Ni. The van der Waals surface area contributed by atoms with Crippen LogP contribution >= 0.6 is 0 Å². The molecule has 0 radical (unpaired) electrons. The van der Waals surface area contributed by atoms with Gasteiger partial charge in [-0.05, 0) is 97.5 Å². The second kappa shape index (κ2) is 19.1. The van der Waals surface area contributed by atoms with Crippen LogP contribution in [0.15, 0.2) is 58.5 Å². The zero-order valence-electron chi connectivity index (χ0n) is 24.3. The average Bonchev–Trinajstić information content (AvgIpc) is 2.88. The van der Waals surface area contributed by atoms with Crippen LogP contribution in [-0.2, 0) is 42.2 Å². The van der Waals surface area contributed by atoms with Crippen molar-refractivity contribution in [1.82, 2.24) is 0 Å². The maximum Gasteiger partial charge on any atom is 0.0848 e. The second-order valence-corrected chi connectivity index (χ2v) is 9.88. The molecule has 206 valence electrons. The third kappa shape index (κ3) is 11.1. The molecule has 0 saturated carbocycles. The Balaban J connectivity index is 0.00000684. The summed E-state index contributed by atoms with van der Waals surface area (Å²) in [5.74, 6) is 0. The summed E-state index contributed by atoms with van der Waals surface area (Å²) in [6.07, 6.45) is 17.8. The van der Waals surface area contributed by atoms with Gasteiger partial charge in [0.15, 0.2) is 0 Å². The number of unbranched alkanes of at least 4 members (excludes halogenated alkanes) is 1. The largest absolute Gasteiger partial charge is 0.251 e. The summed E-state index contributed by atoms with van der Waals surface area (Å²) in [4.78, 5) is 10.4. The van der Waals surface area contributed by atoms with Gasteiger partial charge in [-0.3, -0.25) is 4.99 Å². The van der Waals surface area contributed by atoms with E-state index in [0.717, 1.165) is 87.0 Å². The quantitative estimate of drug-likeness (QED) is 0.148. The monoisotopic (exact) mass is 544 g/mol. The average molecular weight is 545 g/mol. The number of aryl methyl sites for hydroxylation is 4. The summed E-state index contributed by atoms with van der Waals surface area (Å²) in [6, 6.07) is 13.6. The van der Waals surface area contributed by atoms with Gasteiger partial charge in [-0.25, -0.2) is 4.99 Å². The van der Waals surface area contributed by atoms with Crippen LogP contribution in [0.25, 0.3) is 0 Å². The van der Waals surface area contributed by atoms with Crippen molar-refractivity contribution in [3.05, 3.63) is 70.8 Å². The van der Waals surface area contributed by atoms with Gasteiger partial charge in [-0.1, -0.05) is 91.9 Å². The van der Waals surface area contributed by atoms with Crippen molar-refractivity contribution in [3.8, 4) is 0 Å². The molecular weight excluding hydrogens is 495 g/mol. The van der Waals surface area contributed by atoms with E-state index in [2.05, 4.69) is 90.1 Å². The number of nitrogens with zero attached hydrogens (tertiary/aromatic N) is 2. The van der Waals surface area contributed by atoms with Gasteiger partial charge in [-0.15, -0.1) is 0 Å². The first-order chi connectivity index (χ1) is 17.6. The van der Waals surface area contributed by atoms with Gasteiger partial charge in [0.2, 0.25) is 0 Å². The SMILES string of the molecule is CC/C=C/C(=N\c1ccc(CCC)c(CCC)c1)C(/CCCC)=N/c1ccc(CCC)c(CCC)c1.[Ni].